The maximum Gasteiger partial charge on any atom is 0.492 e. The van der Waals surface area contributed by atoms with Crippen molar-refractivity contribution in [2.75, 3.05) is 6.61 Å². The Morgan fingerprint density at radius 1 is 0.829 bits per heavy atom. The highest BCUT2D eigenvalue weighted by Gasteiger charge is 2.34. The monoisotopic (exact) mass is 524 g/mol. The van der Waals surface area contributed by atoms with Crippen LogP contribution in [0.25, 0.3) is 0 Å². The fraction of sp³-hybridized carbons (Fsp3) is 0.455. The first kappa shape index (κ1) is 31.2. The van der Waals surface area contributed by atoms with Gasteiger partial charge in [-0.05, 0) is 30.1 Å². The van der Waals surface area contributed by atoms with Crippen LogP contribution in [-0.4, -0.2) is 40.9 Å². The molecule has 0 amide bonds. The van der Waals surface area contributed by atoms with Crippen molar-refractivity contribution in [1.82, 2.24) is 0 Å². The van der Waals surface area contributed by atoms with Gasteiger partial charge in [0.25, 0.3) is 0 Å². The molecule has 194 valence electrons. The lowest BCUT2D eigenvalue weighted by Gasteiger charge is -2.11. The van der Waals surface area contributed by atoms with Crippen molar-refractivity contribution in [1.29, 1.82) is 0 Å². The molecule has 0 fully saturated rings. The van der Waals surface area contributed by atoms with Crippen LogP contribution in [0.15, 0.2) is 30.3 Å². The minimum Gasteiger partial charge on any atom is -0.494 e. The van der Waals surface area contributed by atoms with Gasteiger partial charge >= 0.3 is 20.4 Å². The van der Waals surface area contributed by atoms with Crippen molar-refractivity contribution in [3.8, 4) is 5.75 Å². The van der Waals surface area contributed by atoms with E-state index in [4.69, 9.17) is 36.4 Å². The first-order valence-corrected chi connectivity index (χ1v) is 11.5. The highest BCUT2D eigenvalue weighted by atomic mass is 35.5. The normalized spacial score (nSPS) is 11.1. The summed E-state index contributed by atoms with van der Waals surface area (Å²) < 4.78 is 68.3. The number of rotatable bonds is 11. The zero-order chi connectivity index (χ0) is 26.6. The van der Waals surface area contributed by atoms with E-state index < -0.39 is 42.6 Å². The number of halogens is 6. The quantitative estimate of drug-likeness (QED) is 0.204. The van der Waals surface area contributed by atoms with Crippen LogP contribution in [0, 0.1) is 11.6 Å². The molecule has 35 heavy (non-hydrogen) atoms. The third kappa shape index (κ3) is 11.2. The van der Waals surface area contributed by atoms with E-state index in [1.165, 1.54) is 25.7 Å². The lowest BCUT2D eigenvalue weighted by Crippen LogP contribution is -2.32. The van der Waals surface area contributed by atoms with E-state index in [2.05, 4.69) is 6.92 Å². The van der Waals surface area contributed by atoms with Crippen molar-refractivity contribution in [2.24, 2.45) is 0 Å². The van der Waals surface area contributed by atoms with Crippen molar-refractivity contribution < 1.29 is 46.8 Å². The largest absolute Gasteiger partial charge is 0.494 e. The Balaban J connectivity index is 0.000000379. The highest BCUT2D eigenvalue weighted by molar-refractivity contribution is 6.59. The molecule has 0 saturated carbocycles. The van der Waals surface area contributed by atoms with Gasteiger partial charge in [0.1, 0.15) is 5.75 Å². The second kappa shape index (κ2) is 15.3. The smallest absolute Gasteiger partial charge is 0.492 e. The summed E-state index contributed by atoms with van der Waals surface area (Å²) in [5.74, 6) is -2.20. The Labute approximate surface area is 206 Å². The van der Waals surface area contributed by atoms with Gasteiger partial charge in [0.05, 0.1) is 17.2 Å². The highest BCUT2D eigenvalue weighted by Crippen LogP contribution is 2.33. The van der Waals surface area contributed by atoms with Crippen LogP contribution in [0.2, 0.25) is 5.02 Å². The molecule has 0 radical (unpaired) electrons. The SMILES string of the molecule is CCCCCCCCCOc1cc(F)c(F)cc1B(O)O.OB(O)c1ccc(Cl)c(C(F)(F)F)c1. The summed E-state index contributed by atoms with van der Waals surface area (Å²) in [5.41, 5.74) is -1.48. The standard InChI is InChI=1S/C15H23BF2O3.C7H5BClF3O2/c1-2-3-4-5-6-7-8-9-21-15-11-14(18)13(17)10-12(15)16(19)20;9-6-2-1-4(8(13)14)3-5(6)7(10,11)12/h10-11,19-20H,2-9H2,1H3;1-3,13-14H. The van der Waals surface area contributed by atoms with Gasteiger partial charge in [0, 0.05) is 11.5 Å². The van der Waals surface area contributed by atoms with Crippen LogP contribution in [-0.2, 0) is 6.18 Å². The van der Waals surface area contributed by atoms with Gasteiger partial charge in [0.2, 0.25) is 0 Å². The molecule has 13 heteroatoms. The van der Waals surface area contributed by atoms with Gasteiger partial charge in [-0.3, -0.25) is 0 Å². The molecule has 0 aromatic heterocycles. The Morgan fingerprint density at radius 2 is 1.40 bits per heavy atom. The van der Waals surface area contributed by atoms with Gasteiger partial charge in [0.15, 0.2) is 11.6 Å². The molecule has 2 rings (SSSR count). The van der Waals surface area contributed by atoms with E-state index in [1.54, 1.807) is 0 Å². The van der Waals surface area contributed by atoms with Crippen molar-refractivity contribution in [3.05, 3.63) is 52.6 Å². The molecule has 5 nitrogen and oxygen atoms in total. The second-order valence-electron chi connectivity index (χ2n) is 7.76. The van der Waals surface area contributed by atoms with Gasteiger partial charge in [-0.2, -0.15) is 13.2 Å². The van der Waals surface area contributed by atoms with Crippen LogP contribution in [0.1, 0.15) is 57.4 Å². The molecule has 2 aromatic rings. The average molecular weight is 525 g/mol. The molecule has 0 aliphatic heterocycles. The van der Waals surface area contributed by atoms with Crippen LogP contribution < -0.4 is 15.7 Å². The fourth-order valence-corrected chi connectivity index (χ4v) is 3.26. The Bertz CT molecular complexity index is 917. The predicted molar refractivity (Wildman–Crippen MR) is 126 cm³/mol. The molecule has 2 aromatic carbocycles. The average Bonchev–Trinajstić information content (AvgIpc) is 2.77. The molecular formula is C22H28B2ClF5O5. The summed E-state index contributed by atoms with van der Waals surface area (Å²) in [7, 11) is -3.82. The number of hydrogen-bond acceptors (Lipinski definition) is 5. The minimum absolute atomic E-state index is 0.0186. The summed E-state index contributed by atoms with van der Waals surface area (Å²) in [5, 5.41) is 35.1. The van der Waals surface area contributed by atoms with Crippen molar-refractivity contribution in [2.45, 2.75) is 58.0 Å². The molecule has 0 atom stereocenters. The minimum atomic E-state index is -4.60. The number of ether oxygens (including phenoxy) is 1. The molecule has 0 heterocycles. The van der Waals surface area contributed by atoms with E-state index in [-0.39, 0.29) is 16.7 Å². The Kier molecular flexibility index (Phi) is 13.6. The van der Waals surface area contributed by atoms with Gasteiger partial charge < -0.3 is 24.8 Å². The number of hydrogen-bond donors (Lipinski definition) is 4. The first-order chi connectivity index (χ1) is 16.4. The topological polar surface area (TPSA) is 90.2 Å². The maximum atomic E-state index is 13.2. The van der Waals surface area contributed by atoms with Crippen LogP contribution in [0.4, 0.5) is 22.0 Å². The summed E-state index contributed by atoms with van der Waals surface area (Å²) in [6.07, 6.45) is 3.23. The van der Waals surface area contributed by atoms with Gasteiger partial charge in [-0.25, -0.2) is 8.78 Å². The molecule has 0 unspecified atom stereocenters. The molecule has 0 bridgehead atoms. The summed E-state index contributed by atoms with van der Waals surface area (Å²) >= 11 is 5.30. The second-order valence-corrected chi connectivity index (χ2v) is 8.17. The Hall–Kier alpha value is -1.85. The Morgan fingerprint density at radius 3 is 1.94 bits per heavy atom. The molecule has 0 aliphatic carbocycles. The van der Waals surface area contributed by atoms with E-state index in [0.717, 1.165) is 43.5 Å². The van der Waals surface area contributed by atoms with Crippen LogP contribution in [0.3, 0.4) is 0 Å². The van der Waals surface area contributed by atoms with Crippen LogP contribution >= 0.6 is 11.6 Å². The summed E-state index contributed by atoms with van der Waals surface area (Å²) in [6, 6.07) is 4.29. The van der Waals surface area contributed by atoms with E-state index >= 15 is 0 Å². The third-order valence-electron chi connectivity index (χ3n) is 4.93. The number of unbranched alkanes of at least 4 members (excludes halogenated alkanes) is 6. The lowest BCUT2D eigenvalue weighted by molar-refractivity contribution is -0.137. The molecular weight excluding hydrogens is 496 g/mol. The van der Waals surface area contributed by atoms with E-state index in [1.807, 2.05) is 0 Å². The van der Waals surface area contributed by atoms with Gasteiger partial charge in [-0.1, -0.05) is 63.1 Å². The molecule has 0 aliphatic rings. The predicted octanol–water partition coefficient (Wildman–Crippen LogP) is 3.81. The zero-order valence-electron chi connectivity index (χ0n) is 19.2. The first-order valence-electron chi connectivity index (χ1n) is 11.1. The van der Waals surface area contributed by atoms with Crippen molar-refractivity contribution >= 4 is 36.8 Å². The lowest BCUT2D eigenvalue weighted by atomic mass is 9.79. The maximum absolute atomic E-state index is 13.2. The molecule has 0 spiro atoms. The van der Waals surface area contributed by atoms with Crippen molar-refractivity contribution in [3.63, 3.8) is 0 Å². The molecule has 4 N–H and O–H groups in total. The van der Waals surface area contributed by atoms with Gasteiger partial charge in [-0.15, -0.1) is 0 Å². The van der Waals surface area contributed by atoms with Crippen LogP contribution in [0.5, 0.6) is 5.75 Å². The number of alkyl halides is 3. The fourth-order valence-electron chi connectivity index (χ4n) is 3.03. The van der Waals surface area contributed by atoms with E-state index in [9.17, 15) is 22.0 Å². The summed E-state index contributed by atoms with van der Waals surface area (Å²) in [6.45, 7) is 2.52. The third-order valence-corrected chi connectivity index (χ3v) is 5.26. The van der Waals surface area contributed by atoms with E-state index in [0.29, 0.717) is 12.7 Å². The number of benzene rings is 2. The zero-order valence-corrected chi connectivity index (χ0v) is 19.9. The summed E-state index contributed by atoms with van der Waals surface area (Å²) in [4.78, 5) is 0. The molecule has 0 saturated heterocycles.